The average Bonchev–Trinajstić information content (AvgIpc) is 2.36. The van der Waals surface area contributed by atoms with E-state index in [1.54, 1.807) is 13.3 Å². The van der Waals surface area contributed by atoms with E-state index in [1.165, 1.54) is 0 Å². The molecule has 3 nitrogen and oxygen atoms in total. The summed E-state index contributed by atoms with van der Waals surface area (Å²) in [5.74, 6) is 0. The van der Waals surface area contributed by atoms with Crippen molar-refractivity contribution in [3.8, 4) is 0 Å². The Hall–Kier alpha value is -0.990. The Morgan fingerprint density at radius 2 is 2.30 bits per heavy atom. The van der Waals surface area contributed by atoms with Gasteiger partial charge in [-0.05, 0) is 24.8 Å². The highest BCUT2D eigenvalue weighted by molar-refractivity contribution is 5.80. The van der Waals surface area contributed by atoms with Crippen molar-refractivity contribution in [3.63, 3.8) is 0 Å². The van der Waals surface area contributed by atoms with Crippen LogP contribution in [0, 0.1) is 5.53 Å². The van der Waals surface area contributed by atoms with E-state index < -0.39 is 0 Å². The molecule has 0 heterocycles. The van der Waals surface area contributed by atoms with Crippen molar-refractivity contribution < 1.29 is 0 Å². The van der Waals surface area contributed by atoms with Crippen LogP contribution in [0.25, 0.3) is 0 Å². The third kappa shape index (κ3) is 1.29. The molecule has 0 fully saturated rings. The second-order valence-corrected chi connectivity index (χ2v) is 2.32. The molecule has 1 rings (SSSR count). The van der Waals surface area contributed by atoms with Gasteiger partial charge in [-0.25, -0.2) is 5.53 Å². The largest absolute Gasteiger partial charge is 0.296 e. The van der Waals surface area contributed by atoms with Crippen molar-refractivity contribution in [1.82, 2.24) is 0 Å². The van der Waals surface area contributed by atoms with Gasteiger partial charge >= 0.3 is 0 Å². The monoisotopic (exact) mass is 137 g/mol. The zero-order chi connectivity index (χ0) is 7.40. The van der Waals surface area contributed by atoms with Gasteiger partial charge in [0, 0.05) is 13.3 Å². The second-order valence-electron chi connectivity index (χ2n) is 2.32. The molecule has 1 N–H and O–H groups in total. The molecule has 0 radical (unpaired) electrons. The molecule has 54 valence electrons. The summed E-state index contributed by atoms with van der Waals surface area (Å²) in [6.45, 7) is 0. The van der Waals surface area contributed by atoms with Crippen LogP contribution in [0.5, 0.6) is 0 Å². The SMILES string of the molecule is C/N=C\C1=C(N=N)CCC1. The van der Waals surface area contributed by atoms with Gasteiger partial charge in [0.15, 0.2) is 0 Å². The van der Waals surface area contributed by atoms with Crippen LogP contribution < -0.4 is 0 Å². The van der Waals surface area contributed by atoms with Gasteiger partial charge < -0.3 is 0 Å². The minimum Gasteiger partial charge on any atom is -0.296 e. The van der Waals surface area contributed by atoms with Crippen LogP contribution >= 0.6 is 0 Å². The molecule has 0 bridgehead atoms. The molecule has 1 aliphatic rings. The van der Waals surface area contributed by atoms with Crippen LogP contribution in [0.4, 0.5) is 0 Å². The lowest BCUT2D eigenvalue weighted by atomic mass is 10.2. The molecular formula is C7H11N3. The lowest BCUT2D eigenvalue weighted by Gasteiger charge is -1.90. The van der Waals surface area contributed by atoms with Crippen molar-refractivity contribution >= 4 is 6.21 Å². The smallest absolute Gasteiger partial charge is 0.0670 e. The van der Waals surface area contributed by atoms with Gasteiger partial charge in [0.05, 0.1) is 5.70 Å². The predicted molar refractivity (Wildman–Crippen MR) is 40.4 cm³/mol. The molecule has 0 aromatic heterocycles. The highest BCUT2D eigenvalue weighted by Crippen LogP contribution is 2.24. The summed E-state index contributed by atoms with van der Waals surface area (Å²) in [7, 11) is 1.74. The van der Waals surface area contributed by atoms with Gasteiger partial charge in [-0.2, -0.15) is 5.11 Å². The van der Waals surface area contributed by atoms with E-state index in [1.807, 2.05) is 0 Å². The van der Waals surface area contributed by atoms with Crippen molar-refractivity contribution in [2.45, 2.75) is 19.3 Å². The zero-order valence-electron chi connectivity index (χ0n) is 6.09. The Labute approximate surface area is 60.4 Å². The maximum Gasteiger partial charge on any atom is 0.0670 e. The fourth-order valence-corrected chi connectivity index (χ4v) is 1.17. The van der Waals surface area contributed by atoms with E-state index in [9.17, 15) is 0 Å². The Bertz CT molecular complexity index is 191. The van der Waals surface area contributed by atoms with Gasteiger partial charge in [0.2, 0.25) is 0 Å². The summed E-state index contributed by atoms with van der Waals surface area (Å²) in [6, 6.07) is 0. The molecule has 0 aromatic rings. The third-order valence-electron chi connectivity index (χ3n) is 1.65. The van der Waals surface area contributed by atoms with Gasteiger partial charge in [-0.15, -0.1) is 0 Å². The second kappa shape index (κ2) is 3.25. The minimum absolute atomic E-state index is 0.908. The van der Waals surface area contributed by atoms with Gasteiger partial charge in [0.1, 0.15) is 0 Å². The number of rotatable bonds is 2. The van der Waals surface area contributed by atoms with Crippen LogP contribution in [-0.4, -0.2) is 13.3 Å². The van der Waals surface area contributed by atoms with Crippen molar-refractivity contribution in [2.75, 3.05) is 7.05 Å². The van der Waals surface area contributed by atoms with Crippen LogP contribution in [0.2, 0.25) is 0 Å². The highest BCUT2D eigenvalue weighted by atomic mass is 15.0. The molecule has 0 saturated carbocycles. The topological polar surface area (TPSA) is 48.6 Å². The van der Waals surface area contributed by atoms with Gasteiger partial charge in [0.25, 0.3) is 0 Å². The number of allylic oxidation sites excluding steroid dienone is 2. The number of hydrogen-bond acceptors (Lipinski definition) is 3. The lowest BCUT2D eigenvalue weighted by molar-refractivity contribution is 0.875. The molecule has 0 unspecified atom stereocenters. The average molecular weight is 137 g/mol. The van der Waals surface area contributed by atoms with Crippen molar-refractivity contribution in [1.29, 1.82) is 5.53 Å². The third-order valence-corrected chi connectivity index (χ3v) is 1.65. The van der Waals surface area contributed by atoms with Crippen LogP contribution in [0.3, 0.4) is 0 Å². The van der Waals surface area contributed by atoms with E-state index in [-0.39, 0.29) is 0 Å². The number of nitrogens with one attached hydrogen (secondary N) is 1. The first-order valence-electron chi connectivity index (χ1n) is 3.40. The Kier molecular flexibility index (Phi) is 2.31. The summed E-state index contributed by atoms with van der Waals surface area (Å²) in [6.07, 6.45) is 4.92. The fourth-order valence-electron chi connectivity index (χ4n) is 1.17. The summed E-state index contributed by atoms with van der Waals surface area (Å²) in [5, 5.41) is 3.43. The van der Waals surface area contributed by atoms with E-state index in [2.05, 4.69) is 10.1 Å². The number of hydrogen-bond donors (Lipinski definition) is 1. The predicted octanol–water partition coefficient (Wildman–Crippen LogP) is 2.16. The minimum atomic E-state index is 0.908. The first kappa shape index (κ1) is 7.12. The molecule has 0 atom stereocenters. The van der Waals surface area contributed by atoms with Crippen LogP contribution in [0.15, 0.2) is 21.4 Å². The van der Waals surface area contributed by atoms with Crippen LogP contribution in [0.1, 0.15) is 19.3 Å². The molecule has 0 spiro atoms. The molecular weight excluding hydrogens is 126 g/mol. The molecule has 0 saturated heterocycles. The van der Waals surface area contributed by atoms with Gasteiger partial charge in [-0.3, -0.25) is 4.99 Å². The first-order valence-corrected chi connectivity index (χ1v) is 3.40. The van der Waals surface area contributed by atoms with E-state index in [4.69, 9.17) is 5.53 Å². The standard InChI is InChI=1S/C7H11N3/c1-9-5-6-3-2-4-7(6)10-8/h5,8H,2-4H2,1H3/b9-5-,10-8?. The molecule has 1 aliphatic carbocycles. The molecule has 0 amide bonds. The fraction of sp³-hybridized carbons (Fsp3) is 0.571. The quantitative estimate of drug-likeness (QED) is 0.448. The summed E-state index contributed by atoms with van der Waals surface area (Å²) >= 11 is 0. The lowest BCUT2D eigenvalue weighted by Crippen LogP contribution is -1.81. The Morgan fingerprint density at radius 1 is 1.50 bits per heavy atom. The molecule has 10 heavy (non-hydrogen) atoms. The molecule has 0 aromatic carbocycles. The zero-order valence-corrected chi connectivity index (χ0v) is 6.09. The van der Waals surface area contributed by atoms with E-state index in [0.29, 0.717) is 0 Å². The maximum absolute atomic E-state index is 6.81. The Balaban J connectivity index is 2.77. The first-order chi connectivity index (χ1) is 4.88. The summed E-state index contributed by atoms with van der Waals surface area (Å²) < 4.78 is 0. The van der Waals surface area contributed by atoms with E-state index >= 15 is 0 Å². The maximum atomic E-state index is 6.81. The van der Waals surface area contributed by atoms with Crippen molar-refractivity contribution in [3.05, 3.63) is 11.3 Å². The number of nitrogens with zero attached hydrogens (tertiary/aromatic N) is 2. The Morgan fingerprint density at radius 3 is 2.90 bits per heavy atom. The van der Waals surface area contributed by atoms with Crippen molar-refractivity contribution in [2.24, 2.45) is 10.1 Å². The number of aliphatic imine (C=N–C) groups is 1. The van der Waals surface area contributed by atoms with E-state index in [0.717, 1.165) is 30.5 Å². The molecule has 0 aliphatic heterocycles. The molecule has 3 heteroatoms. The highest BCUT2D eigenvalue weighted by Gasteiger charge is 2.11. The summed E-state index contributed by atoms with van der Waals surface area (Å²) in [4.78, 5) is 3.89. The normalized spacial score (nSPS) is 18.9. The van der Waals surface area contributed by atoms with Gasteiger partial charge in [-0.1, -0.05) is 0 Å². The summed E-state index contributed by atoms with van der Waals surface area (Å²) in [5.41, 5.74) is 8.86. The van der Waals surface area contributed by atoms with Crippen LogP contribution in [-0.2, 0) is 0 Å².